The molecule has 0 saturated heterocycles. The maximum atomic E-state index is 13.7. The zero-order valence-electron chi connectivity index (χ0n) is 49.0. The number of hydrogen-bond donors (Lipinski definition) is 5. The van der Waals surface area contributed by atoms with E-state index in [1.165, 1.54) is 21.6 Å². The number of fused-ring (bicyclic) bond motifs is 5. The van der Waals surface area contributed by atoms with Crippen LogP contribution >= 0.6 is 21.6 Å². The molecule has 0 spiro atoms. The monoisotopic (exact) mass is 1180 g/mol. The third-order valence-corrected chi connectivity index (χ3v) is 18.3. The SMILES string of the molecule is CC/C=C\C/C=C\C/C=C/C/C=C/C/C=C/C/C=C/CC(=O)OCC(C)(C)[C@@H](OC(=O)/C=C/C(=O)OC)C(=O)NCCC(=O)NCCSSCCNC(=O)COCC(=O)[C@]1(O)CC[C@@H]2C3C[C@@H](C)C4=CC(=O)C=C[C@@]4(C)[C@@H]3[C@H](O)C[C@]21C. The summed E-state index contributed by atoms with van der Waals surface area (Å²) in [6.45, 7) is 10.8. The molecule has 0 bridgehead atoms. The van der Waals surface area contributed by atoms with Crippen LogP contribution in [0.5, 0.6) is 0 Å². The van der Waals surface area contributed by atoms with Crippen LogP contribution in [-0.2, 0) is 57.3 Å². The zero-order chi connectivity index (χ0) is 60.2. The highest BCUT2D eigenvalue weighted by Gasteiger charge is 2.68. The van der Waals surface area contributed by atoms with Crippen LogP contribution in [0.4, 0.5) is 0 Å². The average Bonchev–Trinajstić information content (AvgIpc) is 1.44. The lowest BCUT2D eigenvalue weighted by atomic mass is 9.45. The van der Waals surface area contributed by atoms with Crippen molar-refractivity contribution in [2.75, 3.05) is 58.1 Å². The lowest BCUT2D eigenvalue weighted by molar-refractivity contribution is -0.181. The summed E-state index contributed by atoms with van der Waals surface area (Å²) < 4.78 is 21.0. The summed E-state index contributed by atoms with van der Waals surface area (Å²) in [7, 11) is 4.10. The molecule has 0 radical (unpaired) electrons. The first-order chi connectivity index (χ1) is 39.1. The molecule has 4 aliphatic rings. The van der Waals surface area contributed by atoms with E-state index >= 15 is 0 Å². The van der Waals surface area contributed by atoms with Crippen LogP contribution in [0.25, 0.3) is 0 Å². The molecule has 0 aromatic carbocycles. The van der Waals surface area contributed by atoms with Crippen molar-refractivity contribution in [1.82, 2.24) is 16.0 Å². The molecule has 1 unspecified atom stereocenters. The number of aliphatic hydroxyl groups is 2. The molecule has 452 valence electrons. The molecular weight excluding hydrogens is 1090 g/mol. The van der Waals surface area contributed by atoms with Crippen molar-refractivity contribution in [3.8, 4) is 0 Å². The van der Waals surface area contributed by atoms with Crippen LogP contribution in [0, 0.1) is 39.9 Å². The Morgan fingerprint density at radius 3 is 1.96 bits per heavy atom. The van der Waals surface area contributed by atoms with E-state index in [9.17, 15) is 48.6 Å². The van der Waals surface area contributed by atoms with E-state index in [1.54, 1.807) is 32.1 Å². The van der Waals surface area contributed by atoms with Gasteiger partial charge in [-0.2, -0.15) is 0 Å². The van der Waals surface area contributed by atoms with Crippen LogP contribution in [0.1, 0.15) is 119 Å². The minimum atomic E-state index is -1.71. The Morgan fingerprint density at radius 2 is 1.37 bits per heavy atom. The molecule has 4 rings (SSSR count). The van der Waals surface area contributed by atoms with E-state index in [1.807, 2.05) is 31.2 Å². The molecular formula is C63H89N3O14S2. The average molecular weight is 1180 g/mol. The molecule has 3 fully saturated rings. The van der Waals surface area contributed by atoms with Gasteiger partial charge in [-0.25, -0.2) is 9.59 Å². The van der Waals surface area contributed by atoms with Gasteiger partial charge in [-0.05, 0) is 94.1 Å². The number of hydrogen-bond acceptors (Lipinski definition) is 16. The Labute approximate surface area is 493 Å². The van der Waals surface area contributed by atoms with Crippen LogP contribution in [-0.4, -0.2) is 133 Å². The van der Waals surface area contributed by atoms with Crippen molar-refractivity contribution in [3.63, 3.8) is 0 Å². The van der Waals surface area contributed by atoms with E-state index in [-0.39, 0.29) is 80.8 Å². The van der Waals surface area contributed by atoms with Crippen molar-refractivity contribution < 1.29 is 67.5 Å². The Balaban J connectivity index is 1.08. The number of amides is 3. The van der Waals surface area contributed by atoms with E-state index in [0.717, 1.165) is 63.4 Å². The number of esters is 3. The number of nitrogens with one attached hydrogen (secondary N) is 3. The summed E-state index contributed by atoms with van der Waals surface area (Å²) in [6.07, 6.45) is 36.4. The minimum Gasteiger partial charge on any atom is -0.466 e. The third kappa shape index (κ3) is 20.9. The molecule has 17 nitrogen and oxygen atoms in total. The predicted octanol–water partition coefficient (Wildman–Crippen LogP) is 8.25. The van der Waals surface area contributed by atoms with Crippen molar-refractivity contribution in [1.29, 1.82) is 0 Å². The second-order valence-electron chi connectivity index (χ2n) is 22.4. The molecule has 0 aromatic rings. The number of carbonyl (C=O) groups excluding carboxylic acids is 8. The molecule has 3 amide bonds. The normalized spacial score (nSPS) is 25.6. The Bertz CT molecular complexity index is 2480. The van der Waals surface area contributed by atoms with Gasteiger partial charge in [-0.15, -0.1) is 0 Å². The fraction of sp³-hybridized carbons (Fsp3) is 0.587. The Kier molecular flexibility index (Phi) is 29.3. The summed E-state index contributed by atoms with van der Waals surface area (Å²) >= 11 is 0. The second-order valence-corrected chi connectivity index (χ2v) is 25.1. The van der Waals surface area contributed by atoms with Crippen LogP contribution in [0.15, 0.2) is 109 Å². The minimum absolute atomic E-state index is 0.0137. The Morgan fingerprint density at radius 1 is 0.793 bits per heavy atom. The van der Waals surface area contributed by atoms with Gasteiger partial charge in [0.2, 0.25) is 11.8 Å². The summed E-state index contributed by atoms with van der Waals surface area (Å²) in [5.41, 5.74) is -3.27. The number of rotatable bonds is 35. The molecule has 4 aliphatic carbocycles. The number of Topliss-reactive ketones (excluding diaryl/α,β-unsaturated/α-hetero) is 1. The fourth-order valence-electron chi connectivity index (χ4n) is 11.7. The number of methoxy groups -OCH3 is 1. The van der Waals surface area contributed by atoms with Crippen LogP contribution < -0.4 is 16.0 Å². The van der Waals surface area contributed by atoms with Gasteiger partial charge in [0, 0.05) is 71.9 Å². The van der Waals surface area contributed by atoms with E-state index in [4.69, 9.17) is 14.2 Å². The first-order valence-electron chi connectivity index (χ1n) is 28.7. The summed E-state index contributed by atoms with van der Waals surface area (Å²) in [6, 6.07) is 0. The van der Waals surface area contributed by atoms with Crippen LogP contribution in [0.3, 0.4) is 0 Å². The molecule has 9 atom stereocenters. The van der Waals surface area contributed by atoms with Gasteiger partial charge < -0.3 is 45.1 Å². The highest BCUT2D eigenvalue weighted by atomic mass is 33.1. The number of ketones is 2. The third-order valence-electron chi connectivity index (χ3n) is 15.9. The van der Waals surface area contributed by atoms with E-state index < -0.39 is 76.2 Å². The van der Waals surface area contributed by atoms with Gasteiger partial charge >= 0.3 is 17.9 Å². The molecule has 0 aliphatic heterocycles. The van der Waals surface area contributed by atoms with Gasteiger partial charge in [-0.1, -0.05) is 148 Å². The number of aliphatic hydroxyl groups excluding tert-OH is 1. The molecule has 5 N–H and O–H groups in total. The summed E-state index contributed by atoms with van der Waals surface area (Å²) in [4.78, 5) is 102. The first-order valence-corrected chi connectivity index (χ1v) is 31.2. The smallest absolute Gasteiger partial charge is 0.331 e. The molecule has 3 saturated carbocycles. The van der Waals surface area contributed by atoms with Crippen LogP contribution in [0.2, 0.25) is 0 Å². The van der Waals surface area contributed by atoms with E-state index in [2.05, 4.69) is 90.1 Å². The fourth-order valence-corrected chi connectivity index (χ4v) is 13.5. The Hall–Kier alpha value is -5.60. The molecule has 19 heteroatoms. The predicted molar refractivity (Wildman–Crippen MR) is 320 cm³/mol. The lowest BCUT2D eigenvalue weighted by Crippen LogP contribution is -2.62. The van der Waals surface area contributed by atoms with E-state index in [0.29, 0.717) is 37.4 Å². The second kappa shape index (κ2) is 34.9. The largest absolute Gasteiger partial charge is 0.466 e. The van der Waals surface area contributed by atoms with Crippen molar-refractivity contribution in [3.05, 3.63) is 109 Å². The van der Waals surface area contributed by atoms with Gasteiger partial charge in [0.15, 0.2) is 17.7 Å². The van der Waals surface area contributed by atoms with Gasteiger partial charge in [0.05, 0.1) is 19.6 Å². The number of ether oxygens (including phenoxy) is 4. The quantitative estimate of drug-likeness (QED) is 0.0100. The van der Waals surface area contributed by atoms with Crippen molar-refractivity contribution in [2.24, 2.45) is 39.9 Å². The standard InChI is InChI=1S/C63H89N3O14S2/c1-8-9-10-11-12-13-14-15-16-17-18-19-20-21-22-23-24-25-26-55(73)79-44-60(3,4)58(80-56(74)28-27-54(72)77-7)59(75)66-34-31-52(70)64-35-37-81-82-38-36-65-53(71)43-78-42-51(69)63(76)33-30-48-47-39-45(2)49-40-46(67)29-32-61(49,5)57(47)50(68)41-62(48,63)6/h9-10,12-13,15-16,18-19,21-22,24-25,27-29,32,40,45,47-48,50,57-58,68,76H,8,11,14,17,20,23,26,30-31,33-39,41-44H2,1-7H3,(H,64,70)(H,65,71)(H,66,75)/b10-9-,13-12-,16-15+,19-18+,22-21+,25-24+,28-27+/t45-,47?,48-,50-,57+,58+,61-,62-,63-/m1/s1. The highest BCUT2D eigenvalue weighted by Crippen LogP contribution is 2.67. The first kappa shape index (κ1) is 68.9. The number of carbonyl (C=O) groups is 8. The lowest BCUT2D eigenvalue weighted by Gasteiger charge is -2.60. The molecule has 0 aromatic heterocycles. The zero-order valence-corrected chi connectivity index (χ0v) is 50.7. The summed E-state index contributed by atoms with van der Waals surface area (Å²) in [5.74, 6) is -3.30. The molecule has 0 heterocycles. The molecule has 82 heavy (non-hydrogen) atoms. The van der Waals surface area contributed by atoms with Gasteiger partial charge in [0.25, 0.3) is 5.91 Å². The van der Waals surface area contributed by atoms with Gasteiger partial charge in [0.1, 0.15) is 25.4 Å². The maximum absolute atomic E-state index is 13.7. The topological polar surface area (TPSA) is 250 Å². The van der Waals surface area contributed by atoms with Gasteiger partial charge in [-0.3, -0.25) is 28.8 Å². The summed E-state index contributed by atoms with van der Waals surface area (Å²) in [5, 5.41) is 31.9. The highest BCUT2D eigenvalue weighted by molar-refractivity contribution is 8.76. The van der Waals surface area contributed by atoms with Crippen molar-refractivity contribution in [2.45, 2.75) is 136 Å². The maximum Gasteiger partial charge on any atom is 0.331 e. The number of allylic oxidation sites excluding steroid dienone is 15. The van der Waals surface area contributed by atoms with Crippen molar-refractivity contribution >= 4 is 68.8 Å².